The Hall–Kier alpha value is -3.15. The molecule has 1 N–H and O–H groups in total. The van der Waals surface area contributed by atoms with Crippen LogP contribution >= 0.6 is 23.2 Å². The number of carbonyl (C=O) groups excluding carboxylic acids is 1. The first kappa shape index (κ1) is 22.5. The molecular formula is C24H21Cl2NO4. The van der Waals surface area contributed by atoms with Crippen LogP contribution in [0.15, 0.2) is 66.7 Å². The summed E-state index contributed by atoms with van der Waals surface area (Å²) in [7, 11) is 3.09. The molecule has 1 amide bonds. The fourth-order valence-corrected chi connectivity index (χ4v) is 3.07. The number of anilines is 1. The van der Waals surface area contributed by atoms with Crippen LogP contribution in [0.1, 0.15) is 11.1 Å². The van der Waals surface area contributed by atoms with E-state index in [-0.39, 0.29) is 5.91 Å². The monoisotopic (exact) mass is 457 g/mol. The van der Waals surface area contributed by atoms with Gasteiger partial charge >= 0.3 is 0 Å². The Morgan fingerprint density at radius 2 is 1.55 bits per heavy atom. The van der Waals surface area contributed by atoms with Gasteiger partial charge in [0.15, 0.2) is 11.5 Å². The maximum Gasteiger partial charge on any atom is 0.248 e. The van der Waals surface area contributed by atoms with Gasteiger partial charge in [-0.15, -0.1) is 0 Å². The zero-order chi connectivity index (χ0) is 22.2. The highest BCUT2D eigenvalue weighted by Crippen LogP contribution is 2.30. The zero-order valence-electron chi connectivity index (χ0n) is 17.0. The second-order valence-corrected chi connectivity index (χ2v) is 7.37. The van der Waals surface area contributed by atoms with Crippen molar-refractivity contribution in [3.05, 3.63) is 87.9 Å². The van der Waals surface area contributed by atoms with Crippen molar-refractivity contribution in [1.29, 1.82) is 0 Å². The van der Waals surface area contributed by atoms with E-state index in [2.05, 4.69) is 5.32 Å². The van der Waals surface area contributed by atoms with E-state index in [0.29, 0.717) is 39.6 Å². The minimum absolute atomic E-state index is 0.317. The number of ether oxygens (including phenoxy) is 3. The number of halogens is 2. The van der Waals surface area contributed by atoms with Gasteiger partial charge in [0.1, 0.15) is 12.4 Å². The first-order chi connectivity index (χ1) is 15.0. The van der Waals surface area contributed by atoms with E-state index in [4.69, 9.17) is 37.4 Å². The van der Waals surface area contributed by atoms with Crippen LogP contribution in [-0.4, -0.2) is 20.1 Å². The third-order valence-electron chi connectivity index (χ3n) is 4.34. The molecule has 160 valence electrons. The lowest BCUT2D eigenvalue weighted by Gasteiger charge is -2.11. The van der Waals surface area contributed by atoms with Crippen LogP contribution in [0, 0.1) is 0 Å². The second-order valence-electron chi connectivity index (χ2n) is 6.49. The first-order valence-corrected chi connectivity index (χ1v) is 10.1. The Balaban J connectivity index is 1.66. The standard InChI is InChI=1S/C24H21Cl2NO4/c1-29-21-11-9-19(26)14-20(21)27-24(28)12-6-16-5-10-22(23(13-16)30-2)31-15-17-3-7-18(25)8-4-17/h3-14H,15H2,1-2H3,(H,27,28). The molecular weight excluding hydrogens is 437 g/mol. The number of carbonyl (C=O) groups is 1. The topological polar surface area (TPSA) is 56.8 Å². The van der Waals surface area contributed by atoms with Crippen LogP contribution in [0.2, 0.25) is 10.0 Å². The molecule has 3 rings (SSSR count). The smallest absolute Gasteiger partial charge is 0.248 e. The van der Waals surface area contributed by atoms with Crippen LogP contribution in [0.3, 0.4) is 0 Å². The van der Waals surface area contributed by atoms with E-state index in [1.54, 1.807) is 43.5 Å². The Kier molecular flexibility index (Phi) is 7.82. The van der Waals surface area contributed by atoms with E-state index in [1.165, 1.54) is 13.2 Å². The van der Waals surface area contributed by atoms with Crippen LogP contribution < -0.4 is 19.5 Å². The minimum Gasteiger partial charge on any atom is -0.495 e. The summed E-state index contributed by atoms with van der Waals surface area (Å²) >= 11 is 11.9. The van der Waals surface area contributed by atoms with E-state index in [1.807, 2.05) is 30.3 Å². The molecule has 0 atom stereocenters. The normalized spacial score (nSPS) is 10.7. The highest BCUT2D eigenvalue weighted by molar-refractivity contribution is 6.31. The van der Waals surface area contributed by atoms with Crippen molar-refractivity contribution >= 4 is 40.9 Å². The average Bonchev–Trinajstić information content (AvgIpc) is 2.77. The molecule has 0 saturated heterocycles. The predicted octanol–water partition coefficient (Wildman–Crippen LogP) is 6.24. The largest absolute Gasteiger partial charge is 0.495 e. The Labute approximate surface area is 191 Å². The lowest BCUT2D eigenvalue weighted by Crippen LogP contribution is -2.08. The summed E-state index contributed by atoms with van der Waals surface area (Å²) in [5.41, 5.74) is 2.26. The molecule has 3 aromatic rings. The van der Waals surface area contributed by atoms with Crippen molar-refractivity contribution in [1.82, 2.24) is 0 Å². The van der Waals surface area contributed by atoms with Gasteiger partial charge in [-0.25, -0.2) is 0 Å². The molecule has 0 fully saturated rings. The van der Waals surface area contributed by atoms with Crippen LogP contribution in [0.5, 0.6) is 17.2 Å². The van der Waals surface area contributed by atoms with Crippen molar-refractivity contribution in [3.63, 3.8) is 0 Å². The van der Waals surface area contributed by atoms with Crippen molar-refractivity contribution in [2.45, 2.75) is 6.61 Å². The molecule has 0 radical (unpaired) electrons. The SMILES string of the molecule is COc1ccc(Cl)cc1NC(=O)C=Cc1ccc(OCc2ccc(Cl)cc2)c(OC)c1. The summed E-state index contributed by atoms with van der Waals surface area (Å²) in [5, 5.41) is 3.93. The number of rotatable bonds is 8. The highest BCUT2D eigenvalue weighted by atomic mass is 35.5. The molecule has 0 aliphatic rings. The highest BCUT2D eigenvalue weighted by Gasteiger charge is 2.08. The first-order valence-electron chi connectivity index (χ1n) is 9.36. The summed E-state index contributed by atoms with van der Waals surface area (Å²) in [5.74, 6) is 1.37. The maximum absolute atomic E-state index is 12.3. The summed E-state index contributed by atoms with van der Waals surface area (Å²) in [6.45, 7) is 0.382. The number of hydrogen-bond donors (Lipinski definition) is 1. The Morgan fingerprint density at radius 3 is 2.26 bits per heavy atom. The number of benzene rings is 3. The summed E-state index contributed by atoms with van der Waals surface area (Å²) in [6, 6.07) is 17.9. The van der Waals surface area contributed by atoms with Gasteiger partial charge in [0.05, 0.1) is 19.9 Å². The van der Waals surface area contributed by atoms with Crippen LogP contribution in [0.25, 0.3) is 6.08 Å². The van der Waals surface area contributed by atoms with Crippen molar-refractivity contribution in [2.24, 2.45) is 0 Å². The molecule has 5 nitrogen and oxygen atoms in total. The number of methoxy groups -OCH3 is 2. The fraction of sp³-hybridized carbons (Fsp3) is 0.125. The molecule has 0 aromatic heterocycles. The van der Waals surface area contributed by atoms with Gasteiger partial charge in [-0.1, -0.05) is 41.4 Å². The molecule has 31 heavy (non-hydrogen) atoms. The van der Waals surface area contributed by atoms with Crippen LogP contribution in [-0.2, 0) is 11.4 Å². The lowest BCUT2D eigenvalue weighted by molar-refractivity contribution is -0.111. The van der Waals surface area contributed by atoms with Gasteiger partial charge in [-0.05, 0) is 59.7 Å². The summed E-state index contributed by atoms with van der Waals surface area (Å²) in [6.07, 6.45) is 3.10. The Morgan fingerprint density at radius 1 is 0.871 bits per heavy atom. The molecule has 0 unspecified atom stereocenters. The molecule has 0 aliphatic carbocycles. The van der Waals surface area contributed by atoms with Gasteiger partial charge in [0.25, 0.3) is 0 Å². The molecule has 0 bridgehead atoms. The second kappa shape index (κ2) is 10.8. The lowest BCUT2D eigenvalue weighted by atomic mass is 10.2. The fourth-order valence-electron chi connectivity index (χ4n) is 2.77. The van der Waals surface area contributed by atoms with Gasteiger partial charge in [0.2, 0.25) is 5.91 Å². The van der Waals surface area contributed by atoms with E-state index in [0.717, 1.165) is 11.1 Å². The quantitative estimate of drug-likeness (QED) is 0.406. The molecule has 0 aliphatic heterocycles. The molecule has 7 heteroatoms. The van der Waals surface area contributed by atoms with Gasteiger partial charge in [0, 0.05) is 16.1 Å². The average molecular weight is 458 g/mol. The maximum atomic E-state index is 12.3. The number of amides is 1. The van der Waals surface area contributed by atoms with Crippen molar-refractivity contribution in [3.8, 4) is 17.2 Å². The number of hydrogen-bond acceptors (Lipinski definition) is 4. The summed E-state index contributed by atoms with van der Waals surface area (Å²) < 4.78 is 16.5. The van der Waals surface area contributed by atoms with Crippen LogP contribution in [0.4, 0.5) is 5.69 Å². The van der Waals surface area contributed by atoms with Crippen molar-refractivity contribution < 1.29 is 19.0 Å². The third kappa shape index (κ3) is 6.41. The molecule has 0 saturated carbocycles. The van der Waals surface area contributed by atoms with Gasteiger partial charge in [-0.3, -0.25) is 4.79 Å². The van der Waals surface area contributed by atoms with E-state index >= 15 is 0 Å². The Bertz CT molecular complexity index is 1080. The van der Waals surface area contributed by atoms with Gasteiger partial charge in [-0.2, -0.15) is 0 Å². The van der Waals surface area contributed by atoms with Gasteiger partial charge < -0.3 is 19.5 Å². The van der Waals surface area contributed by atoms with E-state index in [9.17, 15) is 4.79 Å². The zero-order valence-corrected chi connectivity index (χ0v) is 18.5. The van der Waals surface area contributed by atoms with Crippen molar-refractivity contribution in [2.75, 3.05) is 19.5 Å². The number of nitrogens with one attached hydrogen (secondary N) is 1. The predicted molar refractivity (Wildman–Crippen MR) is 124 cm³/mol. The molecule has 0 heterocycles. The summed E-state index contributed by atoms with van der Waals surface area (Å²) in [4.78, 5) is 12.3. The minimum atomic E-state index is -0.317. The van der Waals surface area contributed by atoms with E-state index < -0.39 is 0 Å². The molecule has 3 aromatic carbocycles. The third-order valence-corrected chi connectivity index (χ3v) is 4.83. The molecule has 0 spiro atoms.